The van der Waals surface area contributed by atoms with Gasteiger partial charge >= 0.3 is 0 Å². The highest BCUT2D eigenvalue weighted by molar-refractivity contribution is 6.31. The van der Waals surface area contributed by atoms with Gasteiger partial charge in [-0.05, 0) is 18.2 Å². The highest BCUT2D eigenvalue weighted by atomic mass is 35.5. The van der Waals surface area contributed by atoms with Crippen molar-refractivity contribution < 1.29 is 4.52 Å². The molecule has 0 aliphatic carbocycles. The molecule has 96 valence electrons. The summed E-state index contributed by atoms with van der Waals surface area (Å²) in [6, 6.07) is 5.10. The van der Waals surface area contributed by atoms with Gasteiger partial charge in [0.25, 0.3) is 5.89 Å². The van der Waals surface area contributed by atoms with Gasteiger partial charge in [-0.3, -0.25) is 0 Å². The van der Waals surface area contributed by atoms with Crippen molar-refractivity contribution in [2.45, 2.75) is 0 Å². The van der Waals surface area contributed by atoms with E-state index in [0.29, 0.717) is 33.8 Å². The third-order valence-corrected chi connectivity index (χ3v) is 2.93. The Balaban J connectivity index is 2.04. The van der Waals surface area contributed by atoms with E-state index >= 15 is 0 Å². The Bertz CT molecular complexity index is 733. The van der Waals surface area contributed by atoms with Gasteiger partial charge in [0.2, 0.25) is 5.82 Å². The first kappa shape index (κ1) is 11.7. The number of nitrogen functional groups attached to an aromatic ring is 1. The van der Waals surface area contributed by atoms with E-state index in [1.807, 2.05) is 13.2 Å². The van der Waals surface area contributed by atoms with Gasteiger partial charge in [-0.1, -0.05) is 16.8 Å². The van der Waals surface area contributed by atoms with Crippen molar-refractivity contribution in [3.63, 3.8) is 0 Å². The Morgan fingerprint density at radius 1 is 1.37 bits per heavy atom. The lowest BCUT2D eigenvalue weighted by Crippen LogP contribution is -1.93. The molecule has 0 fully saturated rings. The Labute approximate surface area is 113 Å². The second kappa shape index (κ2) is 4.40. The van der Waals surface area contributed by atoms with E-state index < -0.39 is 0 Å². The monoisotopic (exact) mass is 275 g/mol. The second-order valence-corrected chi connectivity index (χ2v) is 4.45. The summed E-state index contributed by atoms with van der Waals surface area (Å²) in [7, 11) is 1.86. The quantitative estimate of drug-likeness (QED) is 0.726. The van der Waals surface area contributed by atoms with Crippen LogP contribution in [0.1, 0.15) is 0 Å². The normalized spacial score (nSPS) is 10.8. The van der Waals surface area contributed by atoms with E-state index in [9.17, 15) is 0 Å². The Morgan fingerprint density at radius 2 is 2.21 bits per heavy atom. The smallest absolute Gasteiger partial charge is 0.260 e. The molecule has 3 rings (SSSR count). The number of benzene rings is 1. The van der Waals surface area contributed by atoms with Crippen molar-refractivity contribution in [1.29, 1.82) is 0 Å². The van der Waals surface area contributed by atoms with Gasteiger partial charge in [-0.15, -0.1) is 0 Å². The summed E-state index contributed by atoms with van der Waals surface area (Å²) < 4.78 is 7.02. The molecule has 2 N–H and O–H groups in total. The molecule has 2 heterocycles. The summed E-state index contributed by atoms with van der Waals surface area (Å²) in [4.78, 5) is 8.45. The van der Waals surface area contributed by atoms with Crippen LogP contribution >= 0.6 is 11.6 Å². The molecule has 0 unspecified atom stereocenters. The number of rotatable bonds is 2. The average molecular weight is 276 g/mol. The van der Waals surface area contributed by atoms with Crippen molar-refractivity contribution in [1.82, 2.24) is 19.7 Å². The SMILES string of the molecule is Cn1ccnc1-c1noc(-c2ccc(Cl)cc2N)n1. The lowest BCUT2D eigenvalue weighted by atomic mass is 10.2. The van der Waals surface area contributed by atoms with E-state index in [1.54, 1.807) is 29.0 Å². The molecular weight excluding hydrogens is 266 g/mol. The van der Waals surface area contributed by atoms with Crippen LogP contribution in [-0.4, -0.2) is 19.7 Å². The summed E-state index contributed by atoms with van der Waals surface area (Å²) >= 11 is 5.85. The Morgan fingerprint density at radius 3 is 2.89 bits per heavy atom. The van der Waals surface area contributed by atoms with Crippen molar-refractivity contribution in [2.24, 2.45) is 7.05 Å². The van der Waals surface area contributed by atoms with Crippen LogP contribution in [0.15, 0.2) is 35.1 Å². The van der Waals surface area contributed by atoms with Crippen LogP contribution in [-0.2, 0) is 7.05 Å². The van der Waals surface area contributed by atoms with Crippen LogP contribution < -0.4 is 5.73 Å². The van der Waals surface area contributed by atoms with Crippen LogP contribution in [0.4, 0.5) is 5.69 Å². The standard InChI is InChI=1S/C12H10ClN5O/c1-18-5-4-15-11(18)10-16-12(19-17-10)8-3-2-7(13)6-9(8)14/h2-6H,14H2,1H3. The number of nitrogens with zero attached hydrogens (tertiary/aromatic N) is 4. The number of halogens is 1. The molecular formula is C12H10ClN5O. The molecule has 0 bridgehead atoms. The third kappa shape index (κ3) is 2.06. The van der Waals surface area contributed by atoms with E-state index in [-0.39, 0.29) is 0 Å². The van der Waals surface area contributed by atoms with Crippen LogP contribution in [0.2, 0.25) is 5.02 Å². The highest BCUT2D eigenvalue weighted by Gasteiger charge is 2.15. The van der Waals surface area contributed by atoms with Gasteiger partial charge in [0.05, 0.1) is 5.56 Å². The van der Waals surface area contributed by atoms with Gasteiger partial charge < -0.3 is 14.8 Å². The third-order valence-electron chi connectivity index (χ3n) is 2.69. The molecule has 1 aromatic carbocycles. The van der Waals surface area contributed by atoms with Crippen LogP contribution in [0, 0.1) is 0 Å². The molecule has 0 aliphatic rings. The molecule has 0 spiro atoms. The lowest BCUT2D eigenvalue weighted by Gasteiger charge is -2.00. The maximum absolute atomic E-state index is 5.88. The van der Waals surface area contributed by atoms with E-state index in [1.165, 1.54) is 0 Å². The van der Waals surface area contributed by atoms with Crippen LogP contribution in [0.3, 0.4) is 0 Å². The second-order valence-electron chi connectivity index (χ2n) is 4.02. The zero-order chi connectivity index (χ0) is 13.4. The van der Waals surface area contributed by atoms with Crippen LogP contribution in [0.5, 0.6) is 0 Å². The van der Waals surface area contributed by atoms with Crippen LogP contribution in [0.25, 0.3) is 23.1 Å². The summed E-state index contributed by atoms with van der Waals surface area (Å²) in [5, 5.41) is 4.46. The maximum Gasteiger partial charge on any atom is 0.260 e. The lowest BCUT2D eigenvalue weighted by molar-refractivity contribution is 0.432. The first-order valence-electron chi connectivity index (χ1n) is 5.52. The molecule has 0 atom stereocenters. The fraction of sp³-hybridized carbons (Fsp3) is 0.0833. The number of anilines is 1. The Kier molecular flexibility index (Phi) is 2.72. The zero-order valence-corrected chi connectivity index (χ0v) is 10.8. The molecule has 3 aromatic rings. The molecule has 2 aromatic heterocycles. The van der Waals surface area contributed by atoms with Gasteiger partial charge in [0.15, 0.2) is 5.82 Å². The minimum atomic E-state index is 0.340. The number of hydrogen-bond donors (Lipinski definition) is 1. The zero-order valence-electron chi connectivity index (χ0n) is 10.0. The number of hydrogen-bond acceptors (Lipinski definition) is 5. The van der Waals surface area contributed by atoms with Gasteiger partial charge in [-0.2, -0.15) is 4.98 Å². The molecule has 0 saturated heterocycles. The van der Waals surface area contributed by atoms with Crippen molar-refractivity contribution in [2.75, 3.05) is 5.73 Å². The number of aromatic nitrogens is 4. The molecule has 0 aliphatic heterocycles. The van der Waals surface area contributed by atoms with Crippen molar-refractivity contribution in [3.05, 3.63) is 35.6 Å². The highest BCUT2D eigenvalue weighted by Crippen LogP contribution is 2.28. The molecule has 6 nitrogen and oxygen atoms in total. The molecule has 19 heavy (non-hydrogen) atoms. The molecule has 0 amide bonds. The molecule has 0 saturated carbocycles. The minimum absolute atomic E-state index is 0.340. The van der Waals surface area contributed by atoms with Gasteiger partial charge in [0, 0.05) is 30.2 Å². The maximum atomic E-state index is 5.88. The van der Waals surface area contributed by atoms with E-state index in [0.717, 1.165) is 0 Å². The molecule has 7 heteroatoms. The Hall–Kier alpha value is -2.34. The molecule has 0 radical (unpaired) electrons. The topological polar surface area (TPSA) is 82.8 Å². The predicted octanol–water partition coefficient (Wildman–Crippen LogP) is 2.37. The van der Waals surface area contributed by atoms with E-state index in [4.69, 9.17) is 21.9 Å². The fourth-order valence-corrected chi connectivity index (χ4v) is 1.91. The minimum Gasteiger partial charge on any atom is -0.398 e. The fourth-order valence-electron chi connectivity index (χ4n) is 1.73. The summed E-state index contributed by atoms with van der Waals surface area (Å²) in [5.74, 6) is 1.38. The van der Waals surface area contributed by atoms with Crippen molar-refractivity contribution >= 4 is 17.3 Å². The van der Waals surface area contributed by atoms with Crippen molar-refractivity contribution in [3.8, 4) is 23.1 Å². The summed E-state index contributed by atoms with van der Waals surface area (Å²) in [6.07, 6.45) is 3.48. The largest absolute Gasteiger partial charge is 0.398 e. The summed E-state index contributed by atoms with van der Waals surface area (Å²) in [6.45, 7) is 0. The summed E-state index contributed by atoms with van der Waals surface area (Å²) in [5.41, 5.74) is 7.02. The van der Waals surface area contributed by atoms with Gasteiger partial charge in [-0.25, -0.2) is 4.98 Å². The number of imidazole rings is 1. The number of nitrogens with two attached hydrogens (primary N) is 1. The predicted molar refractivity (Wildman–Crippen MR) is 71.4 cm³/mol. The first-order valence-corrected chi connectivity index (χ1v) is 5.90. The van der Waals surface area contributed by atoms with Gasteiger partial charge in [0.1, 0.15) is 0 Å². The van der Waals surface area contributed by atoms with E-state index in [2.05, 4.69) is 15.1 Å². The number of aryl methyl sites for hydroxylation is 1. The average Bonchev–Trinajstić information content (AvgIpc) is 2.97. The first-order chi connectivity index (χ1) is 9.15.